The molecule has 0 aliphatic carbocycles. The van der Waals surface area contributed by atoms with Crippen molar-refractivity contribution in [3.63, 3.8) is 0 Å². The summed E-state index contributed by atoms with van der Waals surface area (Å²) in [6.07, 6.45) is 8.31. The lowest BCUT2D eigenvalue weighted by Crippen LogP contribution is -2.42. The van der Waals surface area contributed by atoms with Gasteiger partial charge in [0.1, 0.15) is 5.75 Å². The smallest absolute Gasteiger partial charge is 0.251 e. The highest BCUT2D eigenvalue weighted by Crippen LogP contribution is 2.24. The number of nitrogens with zero attached hydrogens (tertiary/aromatic N) is 3. The third-order valence-electron chi connectivity index (χ3n) is 6.80. The highest BCUT2D eigenvalue weighted by molar-refractivity contribution is 6.29. The van der Waals surface area contributed by atoms with E-state index in [1.165, 1.54) is 19.3 Å². The first kappa shape index (κ1) is 24.0. The maximum Gasteiger partial charge on any atom is 0.251 e. The monoisotopic (exact) mass is 473 g/mol. The second-order valence-electron chi connectivity index (χ2n) is 9.33. The first-order valence-electron chi connectivity index (χ1n) is 12.3. The fourth-order valence-electron chi connectivity index (χ4n) is 4.78. The van der Waals surface area contributed by atoms with E-state index in [9.17, 15) is 4.79 Å². The summed E-state index contributed by atoms with van der Waals surface area (Å²) >= 11 is 6.02. The summed E-state index contributed by atoms with van der Waals surface area (Å²) in [5, 5.41) is 6.42. The van der Waals surface area contributed by atoms with Crippen molar-refractivity contribution in [3.05, 3.63) is 29.3 Å². The zero-order valence-electron chi connectivity index (χ0n) is 19.6. The summed E-state index contributed by atoms with van der Waals surface area (Å²) < 4.78 is 5.99. The number of amides is 1. The fraction of sp³-hybridized carbons (Fsp3) is 0.640. The van der Waals surface area contributed by atoms with Gasteiger partial charge in [-0.3, -0.25) is 4.79 Å². The van der Waals surface area contributed by atoms with Crippen molar-refractivity contribution in [3.8, 4) is 5.75 Å². The van der Waals surface area contributed by atoms with E-state index < -0.39 is 0 Å². The molecule has 2 fully saturated rings. The Kier molecular flexibility index (Phi) is 8.62. The average molecular weight is 474 g/mol. The van der Waals surface area contributed by atoms with Gasteiger partial charge in [-0.1, -0.05) is 0 Å². The Bertz CT molecular complexity index is 860. The number of alkyl halides is 1. The number of aryl methyl sites for hydroxylation is 1. The molecule has 8 heteroatoms. The molecule has 3 aliphatic heterocycles. The molecule has 0 saturated carbocycles. The van der Waals surface area contributed by atoms with Gasteiger partial charge in [-0.25, -0.2) is 9.98 Å². The molecule has 3 aliphatic rings. The molecule has 0 bridgehead atoms. The number of benzene rings is 1. The van der Waals surface area contributed by atoms with Crippen LogP contribution in [0, 0.1) is 12.8 Å². The Balaban J connectivity index is 1.15. The van der Waals surface area contributed by atoms with Crippen LogP contribution in [-0.4, -0.2) is 73.7 Å². The number of aliphatic imine (C=N–C) groups is 2. The molecule has 2 N–H and O–H groups in total. The van der Waals surface area contributed by atoms with Crippen molar-refractivity contribution in [2.75, 3.05) is 39.3 Å². The number of carbonyl (C=O) groups is 1. The predicted octanol–water partition coefficient (Wildman–Crippen LogP) is 3.40. The van der Waals surface area contributed by atoms with Crippen LogP contribution in [0.4, 0.5) is 0 Å². The lowest BCUT2D eigenvalue weighted by molar-refractivity contribution is 0.0929. The predicted molar refractivity (Wildman–Crippen MR) is 134 cm³/mol. The van der Waals surface area contributed by atoms with Crippen molar-refractivity contribution in [1.29, 1.82) is 0 Å². The van der Waals surface area contributed by atoms with Crippen LogP contribution in [0.3, 0.4) is 0 Å². The summed E-state index contributed by atoms with van der Waals surface area (Å²) in [6.45, 7) is 7.26. The SMILES string of the molecule is Cc1cc(OCCCC2CCN(C3=NCC(Cl)C=N3)CC2)ccc1C(=O)NC1CCNCC1. The molecule has 0 aromatic heterocycles. The normalized spacial score (nSPS) is 22.2. The van der Waals surface area contributed by atoms with E-state index in [-0.39, 0.29) is 17.3 Å². The molecule has 1 unspecified atom stereocenters. The van der Waals surface area contributed by atoms with E-state index in [1.807, 2.05) is 25.1 Å². The van der Waals surface area contributed by atoms with Crippen molar-refractivity contribution >= 4 is 29.7 Å². The van der Waals surface area contributed by atoms with Crippen LogP contribution in [-0.2, 0) is 0 Å². The standard InChI is InChI=1S/C25H36ClN5O2/c1-18-15-22(4-5-23(18)24(32)30-21-6-10-27-11-7-21)33-14-2-3-19-8-12-31(13-9-19)25-28-16-20(26)17-29-25/h4-5,15-16,19-21,27H,2-3,6-14,17H2,1H3,(H,30,32). The second-order valence-corrected chi connectivity index (χ2v) is 9.89. The van der Waals surface area contributed by atoms with E-state index in [0.717, 1.165) is 74.2 Å². The lowest BCUT2D eigenvalue weighted by Gasteiger charge is -2.33. The molecule has 33 heavy (non-hydrogen) atoms. The van der Waals surface area contributed by atoms with E-state index in [1.54, 1.807) is 6.21 Å². The third kappa shape index (κ3) is 6.93. The van der Waals surface area contributed by atoms with Gasteiger partial charge in [0.15, 0.2) is 0 Å². The van der Waals surface area contributed by atoms with E-state index in [0.29, 0.717) is 13.2 Å². The average Bonchev–Trinajstić information content (AvgIpc) is 2.83. The number of ether oxygens (including phenoxy) is 1. The van der Waals surface area contributed by atoms with Crippen LogP contribution < -0.4 is 15.4 Å². The quantitative estimate of drug-likeness (QED) is 0.470. The van der Waals surface area contributed by atoms with Crippen LogP contribution in [0.2, 0.25) is 0 Å². The Morgan fingerprint density at radius 2 is 2.03 bits per heavy atom. The maximum atomic E-state index is 12.6. The molecular weight excluding hydrogens is 438 g/mol. The minimum Gasteiger partial charge on any atom is -0.494 e. The van der Waals surface area contributed by atoms with E-state index >= 15 is 0 Å². The number of likely N-dealkylation sites (tertiary alicyclic amines) is 1. The highest BCUT2D eigenvalue weighted by Gasteiger charge is 2.23. The number of hydrogen-bond donors (Lipinski definition) is 2. The number of guanidine groups is 1. The summed E-state index contributed by atoms with van der Waals surface area (Å²) in [4.78, 5) is 23.8. The number of carbonyl (C=O) groups excluding carboxylic acids is 1. The third-order valence-corrected chi connectivity index (χ3v) is 7.05. The molecule has 2 saturated heterocycles. The van der Waals surface area contributed by atoms with Crippen LogP contribution in [0.25, 0.3) is 0 Å². The van der Waals surface area contributed by atoms with Crippen molar-refractivity contribution < 1.29 is 9.53 Å². The van der Waals surface area contributed by atoms with Crippen LogP contribution in [0.1, 0.15) is 54.4 Å². The lowest BCUT2D eigenvalue weighted by atomic mass is 9.92. The molecule has 7 nitrogen and oxygen atoms in total. The van der Waals surface area contributed by atoms with Gasteiger partial charge in [0.2, 0.25) is 5.96 Å². The Hall–Kier alpha value is -2.12. The van der Waals surface area contributed by atoms with Crippen molar-refractivity contribution in [2.24, 2.45) is 15.9 Å². The van der Waals surface area contributed by atoms with E-state index in [4.69, 9.17) is 16.3 Å². The Morgan fingerprint density at radius 3 is 2.73 bits per heavy atom. The van der Waals surface area contributed by atoms with E-state index in [2.05, 4.69) is 25.5 Å². The number of hydrogen-bond acceptors (Lipinski definition) is 6. The summed E-state index contributed by atoms with van der Waals surface area (Å²) in [6, 6.07) is 6.05. The Morgan fingerprint density at radius 1 is 1.24 bits per heavy atom. The topological polar surface area (TPSA) is 78.3 Å². The summed E-state index contributed by atoms with van der Waals surface area (Å²) in [5.74, 6) is 2.43. The molecule has 1 aromatic carbocycles. The molecule has 4 rings (SSSR count). The Labute approximate surface area is 202 Å². The second kappa shape index (κ2) is 11.8. The van der Waals surface area contributed by atoms with Gasteiger partial charge in [-0.05, 0) is 88.2 Å². The summed E-state index contributed by atoms with van der Waals surface area (Å²) in [5.41, 5.74) is 1.70. The minimum atomic E-state index is -0.0669. The number of piperidine rings is 2. The molecule has 1 aromatic rings. The van der Waals surface area contributed by atoms with Crippen LogP contribution in [0.15, 0.2) is 28.2 Å². The molecule has 3 heterocycles. The first-order valence-corrected chi connectivity index (χ1v) is 12.7. The van der Waals surface area contributed by atoms with Gasteiger partial charge in [0.05, 0.1) is 18.5 Å². The number of rotatable bonds is 7. The van der Waals surface area contributed by atoms with Crippen molar-refractivity contribution in [1.82, 2.24) is 15.5 Å². The maximum absolute atomic E-state index is 12.6. The molecule has 0 spiro atoms. The van der Waals surface area contributed by atoms with Crippen molar-refractivity contribution in [2.45, 2.75) is 56.9 Å². The number of halogens is 1. The number of nitrogens with one attached hydrogen (secondary N) is 2. The molecule has 180 valence electrons. The first-order chi connectivity index (χ1) is 16.1. The molecule has 0 radical (unpaired) electrons. The fourth-order valence-corrected chi connectivity index (χ4v) is 4.91. The van der Waals surface area contributed by atoms with Gasteiger partial charge in [-0.2, -0.15) is 0 Å². The zero-order chi connectivity index (χ0) is 23.0. The zero-order valence-corrected chi connectivity index (χ0v) is 20.3. The van der Waals surface area contributed by atoms with Crippen LogP contribution in [0.5, 0.6) is 5.75 Å². The van der Waals surface area contributed by atoms with Gasteiger partial charge >= 0.3 is 0 Å². The molecule has 1 amide bonds. The van der Waals surface area contributed by atoms with Crippen LogP contribution >= 0.6 is 11.6 Å². The largest absolute Gasteiger partial charge is 0.494 e. The van der Waals surface area contributed by atoms with Gasteiger partial charge in [0.25, 0.3) is 5.91 Å². The molecule has 1 atom stereocenters. The van der Waals surface area contributed by atoms with Gasteiger partial charge < -0.3 is 20.3 Å². The highest BCUT2D eigenvalue weighted by atomic mass is 35.5. The van der Waals surface area contributed by atoms with Gasteiger partial charge in [-0.15, -0.1) is 11.6 Å². The molecular formula is C25H36ClN5O2. The van der Waals surface area contributed by atoms with Gasteiger partial charge in [0, 0.05) is 30.9 Å². The minimum absolute atomic E-state index is 0.0182. The summed E-state index contributed by atoms with van der Waals surface area (Å²) in [7, 11) is 0.